The second-order valence-corrected chi connectivity index (χ2v) is 7.85. The Labute approximate surface area is 185 Å². The molecule has 31 heavy (non-hydrogen) atoms. The number of non-ortho nitro benzene ring substituents is 1. The number of halogens is 1. The van der Waals surface area contributed by atoms with E-state index in [2.05, 4.69) is 26.5 Å². The van der Waals surface area contributed by atoms with Gasteiger partial charge in [0.15, 0.2) is 5.76 Å². The number of hydrogen-bond acceptors (Lipinski definition) is 5. The van der Waals surface area contributed by atoms with Crippen LogP contribution in [0.3, 0.4) is 0 Å². The number of rotatable bonds is 5. The molecule has 0 aliphatic carbocycles. The molecule has 0 saturated heterocycles. The first-order valence-corrected chi connectivity index (χ1v) is 10.1. The Kier molecular flexibility index (Phi) is 5.43. The molecule has 1 amide bonds. The van der Waals surface area contributed by atoms with Crippen LogP contribution in [0.1, 0.15) is 27.5 Å². The zero-order valence-electron chi connectivity index (χ0n) is 16.6. The van der Waals surface area contributed by atoms with Crippen molar-refractivity contribution < 1.29 is 14.1 Å². The molecule has 8 nitrogen and oxygen atoms in total. The lowest BCUT2D eigenvalue weighted by Crippen LogP contribution is -2.16. The summed E-state index contributed by atoms with van der Waals surface area (Å²) in [6.07, 6.45) is 1.54. The molecule has 0 bridgehead atoms. The van der Waals surface area contributed by atoms with Gasteiger partial charge in [-0.15, -0.1) is 0 Å². The number of nitrogens with zero attached hydrogens (tertiary/aromatic N) is 3. The molecule has 0 unspecified atom stereocenters. The molecule has 0 aliphatic rings. The normalized spacial score (nSPS) is 11.3. The van der Waals surface area contributed by atoms with E-state index in [0.717, 1.165) is 26.8 Å². The van der Waals surface area contributed by atoms with E-state index in [4.69, 9.17) is 4.42 Å². The first-order valence-electron chi connectivity index (χ1n) is 9.30. The molecule has 0 saturated carbocycles. The lowest BCUT2D eigenvalue weighted by molar-refractivity contribution is -0.384. The van der Waals surface area contributed by atoms with Gasteiger partial charge in [0.25, 0.3) is 5.69 Å². The maximum Gasteiger partial charge on any atom is 0.307 e. The lowest BCUT2D eigenvalue weighted by Gasteiger charge is -2.09. The highest BCUT2D eigenvalue weighted by atomic mass is 79.9. The SMILES string of the molecule is Cc1cc(C=NNC(=O)c2cc3cc(Br)ccc3o2)c(C)n1-c1cccc([N+](=O)[O-])c1. The molecule has 0 atom stereocenters. The number of hydrogen-bond donors (Lipinski definition) is 1. The largest absolute Gasteiger partial charge is 0.451 e. The van der Waals surface area contributed by atoms with Gasteiger partial charge in [-0.25, -0.2) is 5.43 Å². The highest BCUT2D eigenvalue weighted by Crippen LogP contribution is 2.24. The molecular weight excluding hydrogens is 464 g/mol. The van der Waals surface area contributed by atoms with Gasteiger partial charge in [0.2, 0.25) is 0 Å². The summed E-state index contributed by atoms with van der Waals surface area (Å²) >= 11 is 3.39. The molecule has 0 aliphatic heterocycles. The van der Waals surface area contributed by atoms with E-state index in [1.165, 1.54) is 18.3 Å². The number of carbonyl (C=O) groups is 1. The average Bonchev–Trinajstić information content (AvgIpc) is 3.28. The summed E-state index contributed by atoms with van der Waals surface area (Å²) < 4.78 is 8.35. The van der Waals surface area contributed by atoms with Crippen molar-refractivity contribution in [3.05, 3.63) is 91.9 Å². The van der Waals surface area contributed by atoms with Crippen LogP contribution in [-0.2, 0) is 0 Å². The molecule has 4 aromatic rings. The Morgan fingerprint density at radius 3 is 2.77 bits per heavy atom. The minimum Gasteiger partial charge on any atom is -0.451 e. The van der Waals surface area contributed by atoms with Crippen molar-refractivity contribution in [2.75, 3.05) is 0 Å². The van der Waals surface area contributed by atoms with Crippen molar-refractivity contribution in [3.8, 4) is 5.69 Å². The fourth-order valence-electron chi connectivity index (χ4n) is 3.40. The second kappa shape index (κ2) is 8.19. The molecule has 9 heteroatoms. The quantitative estimate of drug-likeness (QED) is 0.238. The minimum absolute atomic E-state index is 0.0188. The van der Waals surface area contributed by atoms with Crippen molar-refractivity contribution in [3.63, 3.8) is 0 Å². The number of furan rings is 1. The van der Waals surface area contributed by atoms with Crippen LogP contribution < -0.4 is 5.43 Å². The minimum atomic E-state index is -0.462. The number of benzene rings is 2. The number of aryl methyl sites for hydroxylation is 1. The molecule has 0 radical (unpaired) electrons. The first kappa shape index (κ1) is 20.5. The monoisotopic (exact) mass is 480 g/mol. The number of amides is 1. The van der Waals surface area contributed by atoms with E-state index in [0.29, 0.717) is 11.3 Å². The van der Waals surface area contributed by atoms with Crippen molar-refractivity contribution in [1.82, 2.24) is 9.99 Å². The van der Waals surface area contributed by atoms with Gasteiger partial charge in [-0.1, -0.05) is 22.0 Å². The van der Waals surface area contributed by atoms with Crippen LogP contribution in [0.25, 0.3) is 16.7 Å². The summed E-state index contributed by atoms with van der Waals surface area (Å²) in [6, 6.07) is 15.4. The fraction of sp³-hybridized carbons (Fsp3) is 0.0909. The van der Waals surface area contributed by atoms with E-state index in [1.54, 1.807) is 24.3 Å². The molecule has 0 spiro atoms. The maximum absolute atomic E-state index is 12.4. The average molecular weight is 481 g/mol. The Morgan fingerprint density at radius 2 is 2.00 bits per heavy atom. The molecule has 156 valence electrons. The van der Waals surface area contributed by atoms with Crippen LogP contribution in [0.5, 0.6) is 0 Å². The van der Waals surface area contributed by atoms with Gasteiger partial charge >= 0.3 is 5.91 Å². The number of nitrogens with one attached hydrogen (secondary N) is 1. The summed E-state index contributed by atoms with van der Waals surface area (Å²) in [6.45, 7) is 3.78. The van der Waals surface area contributed by atoms with Crippen LogP contribution in [0.2, 0.25) is 0 Å². The van der Waals surface area contributed by atoms with E-state index < -0.39 is 10.8 Å². The summed E-state index contributed by atoms with van der Waals surface area (Å²) in [7, 11) is 0. The van der Waals surface area contributed by atoms with E-state index in [-0.39, 0.29) is 11.4 Å². The van der Waals surface area contributed by atoms with Crippen molar-refractivity contribution >= 4 is 44.7 Å². The molecule has 0 fully saturated rings. The summed E-state index contributed by atoms with van der Waals surface area (Å²) in [5, 5.41) is 15.9. The molecule has 2 aromatic heterocycles. The highest BCUT2D eigenvalue weighted by molar-refractivity contribution is 9.10. The highest BCUT2D eigenvalue weighted by Gasteiger charge is 2.14. The van der Waals surface area contributed by atoms with Crippen molar-refractivity contribution in [2.45, 2.75) is 13.8 Å². The van der Waals surface area contributed by atoms with E-state index >= 15 is 0 Å². The van der Waals surface area contributed by atoms with Gasteiger partial charge < -0.3 is 8.98 Å². The third kappa shape index (κ3) is 4.13. The van der Waals surface area contributed by atoms with Gasteiger partial charge in [0, 0.05) is 38.9 Å². The van der Waals surface area contributed by atoms with Gasteiger partial charge in [0.1, 0.15) is 5.58 Å². The van der Waals surface area contributed by atoms with Gasteiger partial charge in [-0.3, -0.25) is 14.9 Å². The Bertz CT molecular complexity index is 1350. The van der Waals surface area contributed by atoms with Gasteiger partial charge in [-0.2, -0.15) is 5.10 Å². The first-order chi connectivity index (χ1) is 14.8. The van der Waals surface area contributed by atoms with Gasteiger partial charge in [-0.05, 0) is 50.2 Å². The Morgan fingerprint density at radius 1 is 1.19 bits per heavy atom. The third-order valence-electron chi connectivity index (χ3n) is 4.84. The standard InChI is InChI=1S/C22H17BrN4O4/c1-13-8-16(14(2)26(13)18-4-3-5-19(11-18)27(29)30)12-24-25-22(28)21-10-15-9-17(23)6-7-20(15)31-21/h3-12H,1-2H3,(H,25,28). The van der Waals surface area contributed by atoms with Crippen molar-refractivity contribution in [1.29, 1.82) is 0 Å². The fourth-order valence-corrected chi connectivity index (χ4v) is 3.78. The summed E-state index contributed by atoms with van der Waals surface area (Å²) in [5.41, 5.74) is 6.28. The third-order valence-corrected chi connectivity index (χ3v) is 5.33. The summed E-state index contributed by atoms with van der Waals surface area (Å²) in [4.78, 5) is 23.0. The second-order valence-electron chi connectivity index (χ2n) is 6.93. The van der Waals surface area contributed by atoms with Gasteiger partial charge in [0.05, 0.1) is 16.8 Å². The summed E-state index contributed by atoms with van der Waals surface area (Å²) in [5.74, 6) is -0.302. The number of carbonyl (C=O) groups excluding carboxylic acids is 1. The lowest BCUT2D eigenvalue weighted by atomic mass is 10.2. The number of fused-ring (bicyclic) bond motifs is 1. The number of hydrazone groups is 1. The Hall–Kier alpha value is -3.72. The zero-order chi connectivity index (χ0) is 22.1. The zero-order valence-corrected chi connectivity index (χ0v) is 18.2. The number of nitro benzene ring substituents is 1. The molecule has 2 aromatic carbocycles. The van der Waals surface area contributed by atoms with E-state index in [9.17, 15) is 14.9 Å². The van der Waals surface area contributed by atoms with Crippen LogP contribution in [0.15, 0.2) is 68.6 Å². The topological polar surface area (TPSA) is 103 Å². The predicted molar refractivity (Wildman–Crippen MR) is 121 cm³/mol. The molecular formula is C22H17BrN4O4. The molecule has 2 heterocycles. The predicted octanol–water partition coefficient (Wildman–Crippen LogP) is 5.27. The number of nitro groups is 1. The smallest absolute Gasteiger partial charge is 0.307 e. The molecule has 1 N–H and O–H groups in total. The van der Waals surface area contributed by atoms with Crippen LogP contribution >= 0.6 is 15.9 Å². The van der Waals surface area contributed by atoms with Crippen LogP contribution in [-0.4, -0.2) is 21.6 Å². The van der Waals surface area contributed by atoms with E-state index in [1.807, 2.05) is 36.6 Å². The molecule has 4 rings (SSSR count). The van der Waals surface area contributed by atoms with Crippen LogP contribution in [0, 0.1) is 24.0 Å². The number of aromatic nitrogens is 1. The maximum atomic E-state index is 12.4. The van der Waals surface area contributed by atoms with Crippen LogP contribution in [0.4, 0.5) is 5.69 Å². The Balaban J connectivity index is 1.54. The van der Waals surface area contributed by atoms with Crippen molar-refractivity contribution in [2.24, 2.45) is 5.10 Å².